The number of benzene rings is 2. The van der Waals surface area contributed by atoms with Crippen LogP contribution in [0.25, 0.3) is 22.2 Å². The van der Waals surface area contributed by atoms with Gasteiger partial charge < -0.3 is 35.5 Å². The summed E-state index contributed by atoms with van der Waals surface area (Å²) >= 11 is 5.57. The average Bonchev–Trinajstić information content (AvgIpc) is 3.43. The number of fused-ring (bicyclic) bond motifs is 1. The minimum absolute atomic E-state index is 0.0193. The molecule has 4 rings (SSSR count). The number of alkyl carbamates (subject to hydrolysis) is 1. The van der Waals surface area contributed by atoms with Gasteiger partial charge in [-0.05, 0) is 39.3 Å². The number of rotatable bonds is 11. The fourth-order valence-electron chi connectivity index (χ4n) is 5.04. The fourth-order valence-corrected chi connectivity index (χ4v) is 5.14. The SMILES string of the molecule is COc1ccc2c(O[C@@H]3C[C@@H](C(N)=O)N(C(=O)[C@H](CCNC(=O)CCl)NC(=O)OC(C)(C)C)C3)cc(-c3ccccc3)nc2c1. The largest absolute Gasteiger partial charge is 0.497 e. The first-order valence-corrected chi connectivity index (χ1v) is 15.0. The lowest BCUT2D eigenvalue weighted by molar-refractivity contribution is -0.139. The van der Waals surface area contributed by atoms with Crippen molar-refractivity contribution in [1.29, 1.82) is 0 Å². The Kier molecular flexibility index (Phi) is 10.7. The first kappa shape index (κ1) is 33.3. The summed E-state index contributed by atoms with van der Waals surface area (Å²) in [4.78, 5) is 56.9. The number of primary amides is 1. The van der Waals surface area contributed by atoms with Gasteiger partial charge in [0.15, 0.2) is 0 Å². The normalized spacial score (nSPS) is 17.0. The van der Waals surface area contributed by atoms with Gasteiger partial charge >= 0.3 is 6.09 Å². The van der Waals surface area contributed by atoms with Crippen molar-refractivity contribution < 1.29 is 33.4 Å². The third kappa shape index (κ3) is 8.75. The number of nitrogens with zero attached hydrogens (tertiary/aromatic N) is 2. The molecule has 0 aliphatic carbocycles. The molecule has 2 heterocycles. The van der Waals surface area contributed by atoms with Crippen LogP contribution in [0.2, 0.25) is 0 Å². The molecule has 0 radical (unpaired) electrons. The monoisotopic (exact) mass is 639 g/mol. The van der Waals surface area contributed by atoms with Crippen molar-refractivity contribution in [2.24, 2.45) is 5.73 Å². The third-order valence-corrected chi connectivity index (χ3v) is 7.32. The highest BCUT2D eigenvalue weighted by Crippen LogP contribution is 2.34. The average molecular weight is 640 g/mol. The molecule has 1 aliphatic rings. The Hall–Kier alpha value is -4.58. The molecular formula is C32H38ClN5O7. The number of nitrogens with two attached hydrogens (primary N) is 1. The van der Waals surface area contributed by atoms with Gasteiger partial charge in [-0.3, -0.25) is 14.4 Å². The molecule has 3 atom stereocenters. The van der Waals surface area contributed by atoms with E-state index in [9.17, 15) is 19.2 Å². The van der Waals surface area contributed by atoms with Crippen LogP contribution in [0.5, 0.6) is 11.5 Å². The molecule has 0 saturated carbocycles. The number of likely N-dealkylation sites (tertiary alicyclic amines) is 1. The molecule has 3 aromatic rings. The number of methoxy groups -OCH3 is 1. The van der Waals surface area contributed by atoms with E-state index in [2.05, 4.69) is 10.6 Å². The van der Waals surface area contributed by atoms with Crippen LogP contribution < -0.4 is 25.8 Å². The number of pyridine rings is 1. The van der Waals surface area contributed by atoms with Gasteiger partial charge in [0.1, 0.15) is 41.2 Å². The molecule has 1 saturated heterocycles. The van der Waals surface area contributed by atoms with E-state index < -0.39 is 47.6 Å². The quantitative estimate of drug-likeness (QED) is 0.269. The van der Waals surface area contributed by atoms with Crippen LogP contribution in [0.15, 0.2) is 54.6 Å². The highest BCUT2D eigenvalue weighted by Gasteiger charge is 2.42. The molecule has 0 unspecified atom stereocenters. The van der Waals surface area contributed by atoms with Crippen LogP contribution in [-0.4, -0.2) is 83.6 Å². The molecule has 2 aromatic carbocycles. The number of ether oxygens (including phenoxy) is 3. The van der Waals surface area contributed by atoms with E-state index in [0.717, 1.165) is 10.9 Å². The van der Waals surface area contributed by atoms with E-state index in [1.165, 1.54) is 4.90 Å². The van der Waals surface area contributed by atoms with E-state index in [1.807, 2.05) is 42.5 Å². The van der Waals surface area contributed by atoms with Gasteiger partial charge in [0.25, 0.3) is 0 Å². The lowest BCUT2D eigenvalue weighted by Gasteiger charge is -2.28. The summed E-state index contributed by atoms with van der Waals surface area (Å²) < 4.78 is 17.2. The van der Waals surface area contributed by atoms with Gasteiger partial charge in [0.2, 0.25) is 17.7 Å². The van der Waals surface area contributed by atoms with Crippen molar-refractivity contribution in [3.63, 3.8) is 0 Å². The zero-order valence-electron chi connectivity index (χ0n) is 25.7. The summed E-state index contributed by atoms with van der Waals surface area (Å²) in [7, 11) is 1.57. The van der Waals surface area contributed by atoms with Crippen LogP contribution in [0.1, 0.15) is 33.6 Å². The molecule has 1 aromatic heterocycles. The van der Waals surface area contributed by atoms with Crippen LogP contribution in [0, 0.1) is 0 Å². The second kappa shape index (κ2) is 14.5. The Morgan fingerprint density at radius 2 is 1.84 bits per heavy atom. The van der Waals surface area contributed by atoms with Crippen molar-refractivity contribution in [2.75, 3.05) is 26.1 Å². The van der Waals surface area contributed by atoms with Gasteiger partial charge in [-0.2, -0.15) is 0 Å². The smallest absolute Gasteiger partial charge is 0.408 e. The Bertz CT molecular complexity index is 1550. The number of alkyl halides is 1. The second-order valence-corrected chi connectivity index (χ2v) is 11.9. The number of carbonyl (C=O) groups is 4. The number of hydrogen-bond acceptors (Lipinski definition) is 8. The molecule has 4 N–H and O–H groups in total. The van der Waals surface area contributed by atoms with Crippen LogP contribution in [-0.2, 0) is 19.1 Å². The molecule has 45 heavy (non-hydrogen) atoms. The van der Waals surface area contributed by atoms with Gasteiger partial charge in [0.05, 0.1) is 24.9 Å². The lowest BCUT2D eigenvalue weighted by atomic mass is 10.1. The molecule has 240 valence electrons. The number of amides is 4. The maximum atomic E-state index is 13.9. The van der Waals surface area contributed by atoms with Crippen molar-refractivity contribution in [3.8, 4) is 22.8 Å². The summed E-state index contributed by atoms with van der Waals surface area (Å²) in [5, 5.41) is 5.88. The topological polar surface area (TPSA) is 162 Å². The number of nitrogens with one attached hydrogen (secondary N) is 2. The molecular weight excluding hydrogens is 602 g/mol. The van der Waals surface area contributed by atoms with Crippen molar-refractivity contribution in [3.05, 3.63) is 54.6 Å². The van der Waals surface area contributed by atoms with Gasteiger partial charge in [-0.15, -0.1) is 11.6 Å². The third-order valence-electron chi connectivity index (χ3n) is 7.08. The predicted octanol–water partition coefficient (Wildman–Crippen LogP) is 3.38. The highest BCUT2D eigenvalue weighted by atomic mass is 35.5. The van der Waals surface area contributed by atoms with Gasteiger partial charge in [-0.1, -0.05) is 30.3 Å². The summed E-state index contributed by atoms with van der Waals surface area (Å²) in [6, 6.07) is 14.7. The van der Waals surface area contributed by atoms with E-state index in [1.54, 1.807) is 40.0 Å². The predicted molar refractivity (Wildman–Crippen MR) is 169 cm³/mol. The van der Waals surface area contributed by atoms with E-state index in [0.29, 0.717) is 22.7 Å². The zero-order valence-corrected chi connectivity index (χ0v) is 26.4. The maximum Gasteiger partial charge on any atom is 0.408 e. The van der Waals surface area contributed by atoms with E-state index in [4.69, 9.17) is 36.5 Å². The van der Waals surface area contributed by atoms with Gasteiger partial charge in [-0.25, -0.2) is 9.78 Å². The molecule has 12 nitrogen and oxygen atoms in total. The van der Waals surface area contributed by atoms with Crippen LogP contribution in [0.3, 0.4) is 0 Å². The van der Waals surface area contributed by atoms with Crippen molar-refractivity contribution >= 4 is 46.3 Å². The fraction of sp³-hybridized carbons (Fsp3) is 0.406. The number of hydrogen-bond donors (Lipinski definition) is 3. The van der Waals surface area contributed by atoms with Crippen molar-refractivity contribution in [2.45, 2.75) is 57.4 Å². The van der Waals surface area contributed by atoms with Crippen LogP contribution >= 0.6 is 11.6 Å². The number of halogens is 1. The Morgan fingerprint density at radius 3 is 2.49 bits per heavy atom. The minimum Gasteiger partial charge on any atom is -0.497 e. The first-order chi connectivity index (χ1) is 21.4. The minimum atomic E-state index is -1.13. The Balaban J connectivity index is 1.61. The van der Waals surface area contributed by atoms with Crippen molar-refractivity contribution in [1.82, 2.24) is 20.5 Å². The zero-order chi connectivity index (χ0) is 32.7. The molecule has 0 bridgehead atoms. The van der Waals surface area contributed by atoms with Gasteiger partial charge in [0, 0.05) is 36.0 Å². The summed E-state index contributed by atoms with van der Waals surface area (Å²) in [5.41, 5.74) is 7.12. The van der Waals surface area contributed by atoms with E-state index >= 15 is 0 Å². The standard InChI is InChI=1S/C32H38ClN5O7/c1-32(2,3)45-31(42)37-23(12-13-35-28(39)17-33)30(41)38-18-21(15-26(38)29(34)40)44-27-16-24(19-8-6-5-7-9-19)36-25-14-20(43-4)10-11-22(25)27/h5-11,14,16,21,23,26H,12-13,15,17-18H2,1-4H3,(H2,34,40)(H,35,39)(H,37,42)/t21-,23+,26+/m1/s1. The summed E-state index contributed by atoms with van der Waals surface area (Å²) in [6.45, 7) is 5.14. The highest BCUT2D eigenvalue weighted by molar-refractivity contribution is 6.27. The molecule has 1 fully saturated rings. The second-order valence-electron chi connectivity index (χ2n) is 11.6. The molecule has 0 spiro atoms. The van der Waals surface area contributed by atoms with Crippen LogP contribution in [0.4, 0.5) is 4.79 Å². The molecule has 4 amide bonds. The summed E-state index contributed by atoms with van der Waals surface area (Å²) in [5.74, 6) is -0.822. The number of carbonyl (C=O) groups excluding carboxylic acids is 4. The molecule has 13 heteroatoms. The number of aromatic nitrogens is 1. The first-order valence-electron chi connectivity index (χ1n) is 14.5. The molecule has 1 aliphatic heterocycles. The van der Waals surface area contributed by atoms with E-state index in [-0.39, 0.29) is 31.8 Å². The maximum absolute atomic E-state index is 13.9. The lowest BCUT2D eigenvalue weighted by Crippen LogP contribution is -2.54. The Morgan fingerprint density at radius 1 is 1.11 bits per heavy atom. The Labute approximate surface area is 266 Å². The summed E-state index contributed by atoms with van der Waals surface area (Å²) in [6.07, 6.45) is -1.28.